The zero-order valence-corrected chi connectivity index (χ0v) is 19.7. The van der Waals surface area contributed by atoms with Crippen LogP contribution in [0.15, 0.2) is 47.7 Å². The van der Waals surface area contributed by atoms with Crippen LogP contribution in [0.1, 0.15) is 55.7 Å². The van der Waals surface area contributed by atoms with Gasteiger partial charge in [-0.3, -0.25) is 14.5 Å². The third kappa shape index (κ3) is 3.92. The van der Waals surface area contributed by atoms with Gasteiger partial charge < -0.3 is 9.47 Å². The molecule has 1 aliphatic heterocycles. The van der Waals surface area contributed by atoms with Crippen LogP contribution in [0.2, 0.25) is 0 Å². The molecule has 32 heavy (non-hydrogen) atoms. The van der Waals surface area contributed by atoms with Gasteiger partial charge in [-0.05, 0) is 55.0 Å². The molecule has 2 aromatic rings. The number of hydrogen-bond acceptors (Lipinski definition) is 4. The summed E-state index contributed by atoms with van der Waals surface area (Å²) in [7, 11) is 3.21. The molecule has 1 heterocycles. The van der Waals surface area contributed by atoms with Crippen LogP contribution in [0.3, 0.4) is 0 Å². The molecule has 2 aromatic carbocycles. The van der Waals surface area contributed by atoms with Gasteiger partial charge in [0.2, 0.25) is 5.91 Å². The predicted molar refractivity (Wildman–Crippen MR) is 125 cm³/mol. The number of nitrogens with zero attached hydrogens (tertiary/aromatic N) is 1. The second-order valence-corrected chi connectivity index (χ2v) is 9.74. The molecule has 5 heteroatoms. The second kappa shape index (κ2) is 8.12. The Labute approximate surface area is 190 Å². The Morgan fingerprint density at radius 1 is 0.938 bits per heavy atom. The standard InChI is InChI=1S/C27H31NO4/c1-16-9-17(2)11-18(10-16)28-22-14-27(3,4)15-23(29)26(22)21(13-25(28)30)20-8-7-19(31-5)12-24(20)32-6/h7-12,21H,13-15H2,1-6H3. The molecule has 0 spiro atoms. The minimum Gasteiger partial charge on any atom is -0.497 e. The fourth-order valence-corrected chi connectivity index (χ4v) is 5.17. The van der Waals surface area contributed by atoms with Gasteiger partial charge in [0.25, 0.3) is 0 Å². The molecule has 0 fully saturated rings. The molecule has 0 aromatic heterocycles. The molecule has 4 rings (SSSR count). The lowest BCUT2D eigenvalue weighted by Crippen LogP contribution is -2.43. The molecule has 0 radical (unpaired) electrons. The summed E-state index contributed by atoms with van der Waals surface area (Å²) in [6, 6.07) is 11.7. The van der Waals surface area contributed by atoms with Crippen LogP contribution in [-0.4, -0.2) is 25.9 Å². The topological polar surface area (TPSA) is 55.8 Å². The van der Waals surface area contributed by atoms with Crippen molar-refractivity contribution in [3.8, 4) is 11.5 Å². The molecular weight excluding hydrogens is 402 g/mol. The van der Waals surface area contributed by atoms with E-state index >= 15 is 0 Å². The number of carbonyl (C=O) groups is 2. The predicted octanol–water partition coefficient (Wildman–Crippen LogP) is 5.48. The van der Waals surface area contributed by atoms with Gasteiger partial charge in [-0.15, -0.1) is 0 Å². The molecule has 1 unspecified atom stereocenters. The fraction of sp³-hybridized carbons (Fsp3) is 0.407. The summed E-state index contributed by atoms with van der Waals surface area (Å²) in [6.45, 7) is 8.25. The number of allylic oxidation sites excluding steroid dienone is 2. The van der Waals surface area contributed by atoms with Crippen molar-refractivity contribution in [3.63, 3.8) is 0 Å². The third-order valence-corrected chi connectivity index (χ3v) is 6.42. The lowest BCUT2D eigenvalue weighted by molar-refractivity contribution is -0.121. The lowest BCUT2D eigenvalue weighted by atomic mass is 9.69. The first-order valence-corrected chi connectivity index (χ1v) is 11.0. The van der Waals surface area contributed by atoms with Crippen molar-refractivity contribution in [2.75, 3.05) is 19.1 Å². The van der Waals surface area contributed by atoms with E-state index in [1.807, 2.05) is 44.2 Å². The second-order valence-electron chi connectivity index (χ2n) is 9.74. The lowest BCUT2D eigenvalue weighted by Gasteiger charge is -2.43. The average molecular weight is 434 g/mol. The van der Waals surface area contributed by atoms with Gasteiger partial charge >= 0.3 is 0 Å². The molecule has 0 bridgehead atoms. The summed E-state index contributed by atoms with van der Waals surface area (Å²) in [5, 5.41) is 0. The summed E-state index contributed by atoms with van der Waals surface area (Å²) >= 11 is 0. The Balaban J connectivity index is 1.93. The van der Waals surface area contributed by atoms with Crippen molar-refractivity contribution in [1.82, 2.24) is 0 Å². The van der Waals surface area contributed by atoms with Crippen LogP contribution in [0, 0.1) is 19.3 Å². The van der Waals surface area contributed by atoms with E-state index in [0.717, 1.165) is 33.6 Å². The van der Waals surface area contributed by atoms with Crippen molar-refractivity contribution < 1.29 is 19.1 Å². The Bertz CT molecular complexity index is 1110. The fourth-order valence-electron chi connectivity index (χ4n) is 5.17. The van der Waals surface area contributed by atoms with Gasteiger partial charge in [-0.1, -0.05) is 26.0 Å². The van der Waals surface area contributed by atoms with E-state index < -0.39 is 0 Å². The number of Topliss-reactive ketones (excluding diaryl/α,β-unsaturated/α-hetero) is 1. The normalized spacial score (nSPS) is 20.3. The van der Waals surface area contributed by atoms with E-state index in [1.54, 1.807) is 19.1 Å². The smallest absolute Gasteiger partial charge is 0.232 e. The summed E-state index contributed by atoms with van der Waals surface area (Å²) < 4.78 is 11.0. The Kier molecular flexibility index (Phi) is 5.61. The van der Waals surface area contributed by atoms with E-state index in [0.29, 0.717) is 24.3 Å². The number of hydrogen-bond donors (Lipinski definition) is 0. The summed E-state index contributed by atoms with van der Waals surface area (Å²) in [5.41, 5.74) is 5.24. The molecule has 2 aliphatic rings. The van der Waals surface area contributed by atoms with Gasteiger partial charge in [-0.2, -0.15) is 0 Å². The zero-order valence-electron chi connectivity index (χ0n) is 19.7. The average Bonchev–Trinajstić information content (AvgIpc) is 2.70. The molecule has 1 aliphatic carbocycles. The van der Waals surface area contributed by atoms with Crippen molar-refractivity contribution in [3.05, 3.63) is 64.4 Å². The summed E-state index contributed by atoms with van der Waals surface area (Å²) in [5.74, 6) is 1.09. The van der Waals surface area contributed by atoms with Crippen LogP contribution in [0.5, 0.6) is 11.5 Å². The molecule has 168 valence electrons. The van der Waals surface area contributed by atoms with E-state index in [-0.39, 0.29) is 29.4 Å². The van der Waals surface area contributed by atoms with Crippen molar-refractivity contribution in [2.45, 2.75) is 52.9 Å². The van der Waals surface area contributed by atoms with Gasteiger partial charge in [0.1, 0.15) is 11.5 Å². The maximum Gasteiger partial charge on any atom is 0.232 e. The molecule has 0 saturated carbocycles. The molecular formula is C27H31NO4. The van der Waals surface area contributed by atoms with Crippen molar-refractivity contribution in [2.24, 2.45) is 5.41 Å². The SMILES string of the molecule is COc1ccc(C2CC(=O)N(c3cc(C)cc(C)c3)C3=C2C(=O)CC(C)(C)C3)c(OC)c1. The molecule has 0 saturated heterocycles. The highest BCUT2D eigenvalue weighted by molar-refractivity contribution is 6.08. The van der Waals surface area contributed by atoms with Gasteiger partial charge in [0.15, 0.2) is 5.78 Å². The molecule has 1 amide bonds. The summed E-state index contributed by atoms with van der Waals surface area (Å²) in [4.78, 5) is 28.9. The van der Waals surface area contributed by atoms with E-state index in [2.05, 4.69) is 19.9 Å². The molecule has 0 N–H and O–H groups in total. The van der Waals surface area contributed by atoms with E-state index in [9.17, 15) is 9.59 Å². The molecule has 1 atom stereocenters. The maximum absolute atomic E-state index is 13.6. The Morgan fingerprint density at radius 2 is 1.62 bits per heavy atom. The van der Waals surface area contributed by atoms with Crippen LogP contribution < -0.4 is 14.4 Å². The quantitative estimate of drug-likeness (QED) is 0.640. The number of ether oxygens (including phenoxy) is 2. The van der Waals surface area contributed by atoms with E-state index in [1.165, 1.54) is 0 Å². The highest BCUT2D eigenvalue weighted by atomic mass is 16.5. The zero-order chi connectivity index (χ0) is 23.2. The number of methoxy groups -OCH3 is 2. The highest BCUT2D eigenvalue weighted by Gasteiger charge is 2.45. The largest absolute Gasteiger partial charge is 0.497 e. The van der Waals surface area contributed by atoms with Gasteiger partial charge in [0.05, 0.1) is 14.2 Å². The Hall–Kier alpha value is -3.08. The maximum atomic E-state index is 13.6. The number of ketones is 1. The number of rotatable bonds is 4. The van der Waals surface area contributed by atoms with Crippen LogP contribution in [0.25, 0.3) is 0 Å². The molecule has 5 nitrogen and oxygen atoms in total. The number of benzene rings is 2. The first-order valence-electron chi connectivity index (χ1n) is 11.0. The number of anilines is 1. The monoisotopic (exact) mass is 433 g/mol. The first kappa shape index (κ1) is 22.1. The van der Waals surface area contributed by atoms with Crippen molar-refractivity contribution in [1.29, 1.82) is 0 Å². The minimum absolute atomic E-state index is 0.00196. The highest BCUT2D eigenvalue weighted by Crippen LogP contribution is 2.50. The van der Waals surface area contributed by atoms with Gasteiger partial charge in [0, 0.05) is 47.3 Å². The number of carbonyl (C=O) groups excluding carboxylic acids is 2. The van der Waals surface area contributed by atoms with Gasteiger partial charge in [-0.25, -0.2) is 0 Å². The van der Waals surface area contributed by atoms with Crippen LogP contribution >= 0.6 is 0 Å². The third-order valence-electron chi connectivity index (χ3n) is 6.42. The minimum atomic E-state index is -0.330. The van der Waals surface area contributed by atoms with Crippen LogP contribution in [-0.2, 0) is 9.59 Å². The van der Waals surface area contributed by atoms with Crippen LogP contribution in [0.4, 0.5) is 5.69 Å². The first-order chi connectivity index (χ1) is 15.1. The van der Waals surface area contributed by atoms with Crippen molar-refractivity contribution >= 4 is 17.4 Å². The van der Waals surface area contributed by atoms with E-state index in [4.69, 9.17) is 9.47 Å². The number of amides is 1. The number of aryl methyl sites for hydroxylation is 2. The Morgan fingerprint density at radius 3 is 2.25 bits per heavy atom. The summed E-state index contributed by atoms with van der Waals surface area (Å²) in [6.07, 6.45) is 1.36.